The van der Waals surface area contributed by atoms with E-state index < -0.39 is 7.25 Å². The molecule has 5 aromatic rings. The number of halogens is 4. The Balaban J connectivity index is 0.000000471. The van der Waals surface area contributed by atoms with Crippen LogP contribution in [0, 0.1) is 0 Å². The largest absolute Gasteiger partial charge is 0.673 e. The fraction of sp³-hybridized carbons (Fsp3) is 0.0385. The maximum absolute atomic E-state index is 9.75. The van der Waals surface area contributed by atoms with E-state index in [0.717, 1.165) is 17.0 Å². The summed E-state index contributed by atoms with van der Waals surface area (Å²) in [4.78, 5) is 0. The van der Waals surface area contributed by atoms with Crippen LogP contribution >= 0.6 is 0 Å². The van der Waals surface area contributed by atoms with Gasteiger partial charge in [-0.2, -0.15) is 4.40 Å². The molecule has 2 nitrogen and oxygen atoms in total. The SMILES string of the molecule is COc1ccc(-c2cccc3c4ccccc4cc(-c4ccccc4)[n+]23)cc1.F[B-](F)(F)F. The lowest BCUT2D eigenvalue weighted by Crippen LogP contribution is -2.28. The lowest BCUT2D eigenvalue weighted by molar-refractivity contribution is -0.485. The van der Waals surface area contributed by atoms with E-state index in [1.165, 1.54) is 27.5 Å². The van der Waals surface area contributed by atoms with Crippen LogP contribution in [0.2, 0.25) is 0 Å². The zero-order valence-electron chi connectivity index (χ0n) is 17.8. The molecule has 33 heavy (non-hydrogen) atoms. The number of methoxy groups -OCH3 is 1. The minimum Gasteiger partial charge on any atom is -0.497 e. The van der Waals surface area contributed by atoms with Gasteiger partial charge in [0.1, 0.15) is 5.75 Å². The number of nitrogens with zero attached hydrogens (tertiary/aromatic N) is 1. The zero-order chi connectivity index (χ0) is 23.4. The number of aromatic nitrogens is 1. The molecule has 7 heteroatoms. The molecule has 3 aromatic carbocycles. The van der Waals surface area contributed by atoms with Crippen LogP contribution < -0.4 is 9.14 Å². The first-order chi connectivity index (χ1) is 15.8. The van der Waals surface area contributed by atoms with Gasteiger partial charge in [-0.25, -0.2) is 0 Å². The molecule has 0 spiro atoms. The molecule has 0 saturated carbocycles. The van der Waals surface area contributed by atoms with Crippen LogP contribution in [0.1, 0.15) is 0 Å². The van der Waals surface area contributed by atoms with E-state index in [1.807, 2.05) is 12.1 Å². The van der Waals surface area contributed by atoms with E-state index in [0.29, 0.717) is 0 Å². The molecule has 0 N–H and O–H groups in total. The quantitative estimate of drug-likeness (QED) is 0.123. The first-order valence-corrected chi connectivity index (χ1v) is 10.3. The fourth-order valence-electron chi connectivity index (χ4n) is 3.86. The number of pyridine rings is 2. The predicted molar refractivity (Wildman–Crippen MR) is 125 cm³/mol. The Morgan fingerprint density at radius 1 is 0.636 bits per heavy atom. The van der Waals surface area contributed by atoms with Gasteiger partial charge in [-0.05, 0) is 53.9 Å². The van der Waals surface area contributed by atoms with Gasteiger partial charge in [0.2, 0.25) is 16.9 Å². The van der Waals surface area contributed by atoms with Gasteiger partial charge in [-0.3, -0.25) is 0 Å². The highest BCUT2D eigenvalue weighted by Gasteiger charge is 2.22. The van der Waals surface area contributed by atoms with E-state index >= 15 is 0 Å². The monoisotopic (exact) mass is 449 g/mol. The van der Waals surface area contributed by atoms with Gasteiger partial charge in [-0.15, -0.1) is 0 Å². The first-order valence-electron chi connectivity index (χ1n) is 10.3. The Labute approximate surface area is 188 Å². The second-order valence-electron chi connectivity index (χ2n) is 7.34. The van der Waals surface area contributed by atoms with Gasteiger partial charge in [0, 0.05) is 29.3 Å². The summed E-state index contributed by atoms with van der Waals surface area (Å²) in [7, 11) is -4.30. The number of hydrogen-bond donors (Lipinski definition) is 0. The molecule has 2 heterocycles. The van der Waals surface area contributed by atoms with Crippen molar-refractivity contribution < 1.29 is 26.4 Å². The maximum atomic E-state index is 9.75. The Hall–Kier alpha value is -3.87. The molecule has 0 aliphatic rings. The number of ether oxygens (including phenoxy) is 1. The number of benzene rings is 3. The van der Waals surface area contributed by atoms with Crippen molar-refractivity contribution in [2.45, 2.75) is 0 Å². The first kappa shape index (κ1) is 22.3. The van der Waals surface area contributed by atoms with Crippen molar-refractivity contribution in [2.75, 3.05) is 7.11 Å². The van der Waals surface area contributed by atoms with Crippen LogP contribution in [-0.2, 0) is 0 Å². The maximum Gasteiger partial charge on any atom is 0.673 e. The molecule has 0 unspecified atom stereocenters. The van der Waals surface area contributed by atoms with E-state index in [9.17, 15) is 17.3 Å². The van der Waals surface area contributed by atoms with Gasteiger partial charge in [0.05, 0.1) is 12.5 Å². The Kier molecular flexibility index (Phi) is 6.31. The smallest absolute Gasteiger partial charge is 0.497 e. The summed E-state index contributed by atoms with van der Waals surface area (Å²) in [5.41, 5.74) is 5.89. The summed E-state index contributed by atoms with van der Waals surface area (Å²) >= 11 is 0. The van der Waals surface area contributed by atoms with Crippen molar-refractivity contribution in [3.63, 3.8) is 0 Å². The van der Waals surface area contributed by atoms with Gasteiger partial charge in [0.25, 0.3) is 0 Å². The number of rotatable bonds is 3. The van der Waals surface area contributed by atoms with E-state index in [1.54, 1.807) is 7.11 Å². The zero-order valence-corrected chi connectivity index (χ0v) is 17.8. The third-order valence-corrected chi connectivity index (χ3v) is 5.22. The minimum atomic E-state index is -6.00. The van der Waals surface area contributed by atoms with E-state index in [4.69, 9.17) is 4.74 Å². The van der Waals surface area contributed by atoms with E-state index in [2.05, 4.69) is 95.4 Å². The molecule has 5 rings (SSSR count). The molecule has 166 valence electrons. The van der Waals surface area contributed by atoms with Crippen LogP contribution in [0.25, 0.3) is 38.8 Å². The van der Waals surface area contributed by atoms with Crippen LogP contribution in [-0.4, -0.2) is 14.4 Å². The molecular weight excluding hydrogens is 429 g/mol. The van der Waals surface area contributed by atoms with Gasteiger partial charge >= 0.3 is 7.25 Å². The third kappa shape index (κ3) is 5.14. The van der Waals surface area contributed by atoms with Crippen molar-refractivity contribution in [3.8, 4) is 28.3 Å². The number of hydrogen-bond acceptors (Lipinski definition) is 1. The van der Waals surface area contributed by atoms with Crippen molar-refractivity contribution in [1.82, 2.24) is 0 Å². The minimum absolute atomic E-state index is 0.864. The summed E-state index contributed by atoms with van der Waals surface area (Å²) in [5.74, 6) is 0.864. The molecule has 0 atom stereocenters. The average Bonchev–Trinajstić information content (AvgIpc) is 2.83. The molecule has 2 aromatic heterocycles. The molecule has 0 fully saturated rings. The standard InChI is InChI=1S/C26H20NO.BF4/c1-28-22-16-14-20(15-17-22)24-12-7-13-25-23-11-6-5-10-21(23)18-26(27(24)25)19-8-3-2-4-9-19;2-1(3,4)5/h2-18H,1H3;/q+1;-1. The normalized spacial score (nSPS) is 11.2. The molecule has 0 aliphatic heterocycles. The van der Waals surface area contributed by atoms with Gasteiger partial charge in [-0.1, -0.05) is 36.4 Å². The lowest BCUT2D eigenvalue weighted by atomic mass is 10.0. The van der Waals surface area contributed by atoms with E-state index in [-0.39, 0.29) is 0 Å². The summed E-state index contributed by atoms with van der Waals surface area (Å²) in [6.07, 6.45) is 0. The summed E-state index contributed by atoms with van der Waals surface area (Å²) in [6, 6.07) is 36.2. The van der Waals surface area contributed by atoms with Crippen LogP contribution in [0.3, 0.4) is 0 Å². The van der Waals surface area contributed by atoms with Crippen LogP contribution in [0.4, 0.5) is 17.3 Å². The highest BCUT2D eigenvalue weighted by Crippen LogP contribution is 2.28. The average molecular weight is 449 g/mol. The Morgan fingerprint density at radius 3 is 1.91 bits per heavy atom. The second kappa shape index (κ2) is 9.32. The van der Waals surface area contributed by atoms with Gasteiger partial charge < -0.3 is 22.0 Å². The summed E-state index contributed by atoms with van der Waals surface area (Å²) in [6.45, 7) is 0. The third-order valence-electron chi connectivity index (χ3n) is 5.22. The predicted octanol–water partition coefficient (Wildman–Crippen LogP) is 7.22. The highest BCUT2D eigenvalue weighted by atomic mass is 19.5. The molecule has 0 bridgehead atoms. The van der Waals surface area contributed by atoms with Crippen molar-refractivity contribution >= 4 is 23.5 Å². The van der Waals surface area contributed by atoms with Crippen LogP contribution in [0.5, 0.6) is 5.75 Å². The molecule has 0 aliphatic carbocycles. The fourth-order valence-corrected chi connectivity index (χ4v) is 3.86. The van der Waals surface area contributed by atoms with Crippen molar-refractivity contribution in [1.29, 1.82) is 0 Å². The lowest BCUT2D eigenvalue weighted by Gasteiger charge is -2.09. The van der Waals surface area contributed by atoms with Gasteiger partial charge in [0.15, 0.2) is 0 Å². The molecule has 0 saturated heterocycles. The Bertz CT molecular complexity index is 1380. The van der Waals surface area contributed by atoms with Crippen LogP contribution in [0.15, 0.2) is 103 Å². The molecule has 0 radical (unpaired) electrons. The molecular formula is C26H20BF4NO. The number of fused-ring (bicyclic) bond motifs is 3. The second-order valence-corrected chi connectivity index (χ2v) is 7.34. The topological polar surface area (TPSA) is 13.3 Å². The summed E-state index contributed by atoms with van der Waals surface area (Å²) < 4.78 is 46.7. The van der Waals surface area contributed by atoms with Crippen molar-refractivity contribution in [3.05, 3.63) is 103 Å². The molecule has 0 amide bonds. The highest BCUT2D eigenvalue weighted by molar-refractivity contribution is 6.50. The van der Waals surface area contributed by atoms with Crippen molar-refractivity contribution in [2.24, 2.45) is 0 Å². The Morgan fingerprint density at radius 2 is 1.24 bits per heavy atom. The summed E-state index contributed by atoms with van der Waals surface area (Å²) in [5, 5.41) is 2.49.